The second-order valence-electron chi connectivity index (χ2n) is 3.97. The first kappa shape index (κ1) is 12.4. The third-order valence-corrected chi connectivity index (χ3v) is 4.81. The zero-order valence-electron chi connectivity index (χ0n) is 9.86. The van der Waals surface area contributed by atoms with Crippen molar-refractivity contribution in [3.63, 3.8) is 0 Å². The van der Waals surface area contributed by atoms with Gasteiger partial charge in [0, 0.05) is 21.3 Å². The minimum absolute atomic E-state index is 0.330. The third-order valence-electron chi connectivity index (χ3n) is 2.71. The van der Waals surface area contributed by atoms with Crippen molar-refractivity contribution in [2.24, 2.45) is 0 Å². The molecular formula is C12H19NOS2. The van der Waals surface area contributed by atoms with Crippen molar-refractivity contribution >= 4 is 23.1 Å². The Labute approximate surface area is 106 Å². The van der Waals surface area contributed by atoms with Gasteiger partial charge in [0.1, 0.15) is 0 Å². The normalized spacial score (nSPS) is 23.2. The lowest BCUT2D eigenvalue weighted by Gasteiger charge is -2.30. The van der Waals surface area contributed by atoms with Crippen LogP contribution in [0.5, 0.6) is 0 Å². The van der Waals surface area contributed by atoms with Crippen LogP contribution in [-0.2, 0) is 4.74 Å². The zero-order chi connectivity index (χ0) is 11.4. The number of aryl methyl sites for hydroxylation is 1. The van der Waals surface area contributed by atoms with Crippen LogP contribution in [-0.4, -0.2) is 30.8 Å². The Morgan fingerprint density at radius 2 is 2.44 bits per heavy atom. The summed E-state index contributed by atoms with van der Waals surface area (Å²) < 4.78 is 5.88. The molecule has 0 radical (unpaired) electrons. The van der Waals surface area contributed by atoms with Gasteiger partial charge in [0.05, 0.1) is 18.8 Å². The summed E-state index contributed by atoms with van der Waals surface area (Å²) in [4.78, 5) is 2.79. The molecule has 0 saturated carbocycles. The van der Waals surface area contributed by atoms with Crippen LogP contribution in [0.3, 0.4) is 0 Å². The fourth-order valence-corrected chi connectivity index (χ4v) is 3.86. The molecule has 2 rings (SSSR count). The lowest BCUT2D eigenvalue weighted by Crippen LogP contribution is -2.37. The predicted molar refractivity (Wildman–Crippen MR) is 72.5 cm³/mol. The predicted octanol–water partition coefficient (Wildman–Crippen LogP) is 2.84. The molecule has 1 aliphatic heterocycles. The van der Waals surface area contributed by atoms with E-state index in [9.17, 15) is 0 Å². The summed E-state index contributed by atoms with van der Waals surface area (Å²) in [6.45, 7) is 6.20. The van der Waals surface area contributed by atoms with Crippen molar-refractivity contribution in [1.82, 2.24) is 5.32 Å². The highest BCUT2D eigenvalue weighted by Gasteiger charge is 2.26. The van der Waals surface area contributed by atoms with Crippen LogP contribution in [0.4, 0.5) is 0 Å². The van der Waals surface area contributed by atoms with Crippen molar-refractivity contribution in [1.29, 1.82) is 0 Å². The van der Waals surface area contributed by atoms with Gasteiger partial charge in [-0.25, -0.2) is 0 Å². The molecule has 1 saturated heterocycles. The monoisotopic (exact) mass is 257 g/mol. The van der Waals surface area contributed by atoms with Crippen LogP contribution in [0.1, 0.15) is 22.7 Å². The van der Waals surface area contributed by atoms with Crippen molar-refractivity contribution < 1.29 is 4.74 Å². The first-order valence-electron chi connectivity index (χ1n) is 5.80. The van der Waals surface area contributed by atoms with E-state index in [1.54, 1.807) is 0 Å². The van der Waals surface area contributed by atoms with E-state index in [2.05, 4.69) is 31.3 Å². The number of thiophene rings is 1. The van der Waals surface area contributed by atoms with Gasteiger partial charge in [0.2, 0.25) is 0 Å². The van der Waals surface area contributed by atoms with E-state index in [0.29, 0.717) is 12.1 Å². The van der Waals surface area contributed by atoms with Gasteiger partial charge in [-0.15, -0.1) is 11.3 Å². The van der Waals surface area contributed by atoms with Crippen LogP contribution in [0.25, 0.3) is 0 Å². The zero-order valence-corrected chi connectivity index (χ0v) is 11.5. The van der Waals surface area contributed by atoms with Crippen LogP contribution >= 0.6 is 23.1 Å². The second kappa shape index (κ2) is 6.05. The fourth-order valence-electron chi connectivity index (χ4n) is 1.95. The Kier molecular flexibility index (Phi) is 4.70. The molecule has 1 fully saturated rings. The molecule has 2 atom stereocenters. The molecule has 0 aromatic carbocycles. The molecule has 1 aromatic heterocycles. The number of hydrogen-bond acceptors (Lipinski definition) is 4. The first-order chi connectivity index (χ1) is 7.81. The van der Waals surface area contributed by atoms with Crippen LogP contribution in [0, 0.1) is 6.92 Å². The van der Waals surface area contributed by atoms with E-state index in [-0.39, 0.29) is 0 Å². The van der Waals surface area contributed by atoms with Gasteiger partial charge in [-0.05, 0) is 25.6 Å². The molecule has 90 valence electrons. The van der Waals surface area contributed by atoms with Crippen molar-refractivity contribution in [2.45, 2.75) is 26.0 Å². The van der Waals surface area contributed by atoms with Gasteiger partial charge in [0.25, 0.3) is 0 Å². The van der Waals surface area contributed by atoms with Gasteiger partial charge < -0.3 is 10.1 Å². The maximum absolute atomic E-state index is 5.88. The quantitative estimate of drug-likeness (QED) is 0.896. The van der Waals surface area contributed by atoms with Crippen LogP contribution < -0.4 is 5.32 Å². The SMILES string of the molecule is CCNC(c1ccc(C)s1)C1CSCCO1. The largest absolute Gasteiger partial charge is 0.374 e. The molecule has 0 amide bonds. The molecule has 2 unspecified atom stereocenters. The van der Waals surface area contributed by atoms with Crippen molar-refractivity contribution in [2.75, 3.05) is 24.7 Å². The first-order valence-corrected chi connectivity index (χ1v) is 7.77. The lowest BCUT2D eigenvalue weighted by molar-refractivity contribution is 0.0481. The number of nitrogens with one attached hydrogen (secondary N) is 1. The smallest absolute Gasteiger partial charge is 0.0868 e. The van der Waals surface area contributed by atoms with Crippen molar-refractivity contribution in [3.05, 3.63) is 21.9 Å². The standard InChI is InChI=1S/C12H19NOS2/c1-3-13-12(10-8-15-7-6-14-10)11-5-4-9(2)16-11/h4-5,10,12-13H,3,6-8H2,1-2H3. The van der Waals surface area contributed by atoms with Gasteiger partial charge >= 0.3 is 0 Å². The Morgan fingerprint density at radius 1 is 1.56 bits per heavy atom. The fraction of sp³-hybridized carbons (Fsp3) is 0.667. The topological polar surface area (TPSA) is 21.3 Å². The van der Waals surface area contributed by atoms with Crippen LogP contribution in [0.15, 0.2) is 12.1 Å². The Balaban J connectivity index is 2.09. The third kappa shape index (κ3) is 3.00. The molecule has 4 heteroatoms. The molecule has 1 N–H and O–H groups in total. The minimum Gasteiger partial charge on any atom is -0.374 e. The highest BCUT2D eigenvalue weighted by atomic mass is 32.2. The van der Waals surface area contributed by atoms with E-state index in [1.165, 1.54) is 9.75 Å². The van der Waals surface area contributed by atoms with Gasteiger partial charge in [-0.1, -0.05) is 6.92 Å². The Morgan fingerprint density at radius 3 is 3.00 bits per heavy atom. The highest BCUT2D eigenvalue weighted by Crippen LogP contribution is 2.30. The summed E-state index contributed by atoms with van der Waals surface area (Å²) in [5.74, 6) is 2.24. The van der Waals surface area contributed by atoms with E-state index >= 15 is 0 Å². The van der Waals surface area contributed by atoms with Crippen molar-refractivity contribution in [3.8, 4) is 0 Å². The molecule has 0 aliphatic carbocycles. The van der Waals surface area contributed by atoms with E-state index in [1.807, 2.05) is 23.1 Å². The highest BCUT2D eigenvalue weighted by molar-refractivity contribution is 7.99. The molecule has 2 heterocycles. The van der Waals surface area contributed by atoms with Gasteiger partial charge in [-0.3, -0.25) is 0 Å². The van der Waals surface area contributed by atoms with Gasteiger partial charge in [-0.2, -0.15) is 11.8 Å². The number of rotatable bonds is 4. The summed E-state index contributed by atoms with van der Waals surface area (Å²) in [5.41, 5.74) is 0. The maximum Gasteiger partial charge on any atom is 0.0868 e. The minimum atomic E-state index is 0.330. The molecule has 1 aliphatic rings. The lowest BCUT2D eigenvalue weighted by atomic mass is 10.1. The summed E-state index contributed by atoms with van der Waals surface area (Å²) in [6.07, 6.45) is 0.330. The molecule has 1 aromatic rings. The number of likely N-dealkylation sites (N-methyl/N-ethyl adjacent to an activating group) is 1. The second-order valence-corrected chi connectivity index (χ2v) is 6.44. The average Bonchev–Trinajstić information content (AvgIpc) is 2.74. The summed E-state index contributed by atoms with van der Waals surface area (Å²) in [7, 11) is 0. The Bertz CT molecular complexity index is 321. The summed E-state index contributed by atoms with van der Waals surface area (Å²) in [6, 6.07) is 4.80. The molecular weight excluding hydrogens is 238 g/mol. The number of ether oxygens (including phenoxy) is 1. The number of hydrogen-bond donors (Lipinski definition) is 1. The molecule has 0 bridgehead atoms. The average molecular weight is 257 g/mol. The van der Waals surface area contributed by atoms with E-state index < -0.39 is 0 Å². The molecule has 16 heavy (non-hydrogen) atoms. The molecule has 2 nitrogen and oxygen atoms in total. The Hall–Kier alpha value is -0.0300. The summed E-state index contributed by atoms with van der Waals surface area (Å²) in [5, 5.41) is 3.55. The summed E-state index contributed by atoms with van der Waals surface area (Å²) >= 11 is 3.88. The van der Waals surface area contributed by atoms with E-state index in [0.717, 1.165) is 24.7 Å². The van der Waals surface area contributed by atoms with Gasteiger partial charge in [0.15, 0.2) is 0 Å². The van der Waals surface area contributed by atoms with Crippen LogP contribution in [0.2, 0.25) is 0 Å². The number of thioether (sulfide) groups is 1. The maximum atomic E-state index is 5.88. The van der Waals surface area contributed by atoms with E-state index in [4.69, 9.17) is 4.74 Å². The molecule has 0 spiro atoms.